The van der Waals surface area contributed by atoms with E-state index >= 15 is 0 Å². The first kappa shape index (κ1) is 14.2. The Kier molecular flexibility index (Phi) is 6.27. The van der Waals surface area contributed by atoms with Crippen molar-refractivity contribution in [2.75, 3.05) is 0 Å². The van der Waals surface area contributed by atoms with E-state index in [1.807, 2.05) is 20.8 Å². The van der Waals surface area contributed by atoms with Crippen molar-refractivity contribution in [3.8, 4) is 11.8 Å². The van der Waals surface area contributed by atoms with Gasteiger partial charge in [0.05, 0.1) is 0 Å². The van der Waals surface area contributed by atoms with E-state index in [0.29, 0.717) is 0 Å². The fourth-order valence-electron chi connectivity index (χ4n) is 0.988. The Balaban J connectivity index is 3.97. The summed E-state index contributed by atoms with van der Waals surface area (Å²) in [5.41, 5.74) is -0.383. The summed E-state index contributed by atoms with van der Waals surface area (Å²) in [5.74, 6) is 5.65. The van der Waals surface area contributed by atoms with E-state index in [1.165, 1.54) is 0 Å². The van der Waals surface area contributed by atoms with Gasteiger partial charge in [-0.25, -0.2) is 0 Å². The zero-order chi connectivity index (χ0) is 11.9. The molecule has 0 bridgehead atoms. The zero-order valence-electron chi connectivity index (χ0n) is 10.3. The Morgan fingerprint density at radius 3 is 2.47 bits per heavy atom. The fourth-order valence-corrected chi connectivity index (χ4v) is 0.988. The number of carbonyl (C=O) groups excluding carboxylic acids is 1. The Labute approximate surface area is 93.1 Å². The molecule has 15 heavy (non-hydrogen) atoms. The molecule has 0 radical (unpaired) electrons. The maximum atomic E-state index is 11.5. The first-order valence-corrected chi connectivity index (χ1v) is 5.57. The molecule has 0 heterocycles. The number of hydrogen-bond donors (Lipinski definition) is 1. The van der Waals surface area contributed by atoms with Crippen LogP contribution in [0.25, 0.3) is 0 Å². The van der Waals surface area contributed by atoms with Crippen LogP contribution < -0.4 is 0 Å². The molecule has 0 aromatic carbocycles. The second kappa shape index (κ2) is 6.63. The van der Waals surface area contributed by atoms with Gasteiger partial charge in [0.1, 0.15) is 11.9 Å². The van der Waals surface area contributed by atoms with Gasteiger partial charge in [-0.2, -0.15) is 0 Å². The lowest BCUT2D eigenvalue weighted by Gasteiger charge is -2.16. The monoisotopic (exact) mass is 210 g/mol. The van der Waals surface area contributed by atoms with Gasteiger partial charge in [0.25, 0.3) is 0 Å². The van der Waals surface area contributed by atoms with Gasteiger partial charge in [0.2, 0.25) is 0 Å². The standard InChI is InChI=1S/C13H22O2/c1-5-6-7-8-9-11(14)10-12(15)13(2,3)4/h11,14H,5-7,10H2,1-4H3. The van der Waals surface area contributed by atoms with Crippen LogP contribution in [0.15, 0.2) is 0 Å². The van der Waals surface area contributed by atoms with Crippen LogP contribution in [0.4, 0.5) is 0 Å². The molecule has 0 spiro atoms. The summed E-state index contributed by atoms with van der Waals surface area (Å²) in [4.78, 5) is 11.5. The third-order valence-corrected chi connectivity index (χ3v) is 2.14. The van der Waals surface area contributed by atoms with Gasteiger partial charge in [-0.05, 0) is 6.42 Å². The minimum atomic E-state index is -0.798. The molecule has 0 saturated heterocycles. The maximum absolute atomic E-state index is 11.5. The van der Waals surface area contributed by atoms with E-state index in [1.54, 1.807) is 0 Å². The van der Waals surface area contributed by atoms with Gasteiger partial charge in [-0.3, -0.25) is 4.79 Å². The predicted molar refractivity (Wildman–Crippen MR) is 62.4 cm³/mol. The van der Waals surface area contributed by atoms with Crippen LogP contribution in [0.1, 0.15) is 53.4 Å². The van der Waals surface area contributed by atoms with Crippen molar-refractivity contribution in [3.05, 3.63) is 0 Å². The van der Waals surface area contributed by atoms with Gasteiger partial charge in [-0.15, -0.1) is 5.92 Å². The van der Waals surface area contributed by atoms with E-state index in [2.05, 4.69) is 18.8 Å². The Morgan fingerprint density at radius 1 is 1.40 bits per heavy atom. The van der Waals surface area contributed by atoms with Gasteiger partial charge < -0.3 is 5.11 Å². The first-order valence-electron chi connectivity index (χ1n) is 5.57. The minimum Gasteiger partial charge on any atom is -0.380 e. The second-order valence-electron chi connectivity index (χ2n) is 4.82. The highest BCUT2D eigenvalue weighted by molar-refractivity contribution is 5.84. The molecule has 0 fully saturated rings. The van der Waals surface area contributed by atoms with Crippen molar-refractivity contribution < 1.29 is 9.90 Å². The van der Waals surface area contributed by atoms with Crippen LogP contribution >= 0.6 is 0 Å². The highest BCUT2D eigenvalue weighted by Gasteiger charge is 2.22. The second-order valence-corrected chi connectivity index (χ2v) is 4.82. The molecule has 0 aromatic heterocycles. The highest BCUT2D eigenvalue weighted by Crippen LogP contribution is 2.17. The molecular formula is C13H22O2. The zero-order valence-corrected chi connectivity index (χ0v) is 10.3. The van der Waals surface area contributed by atoms with Gasteiger partial charge in [0, 0.05) is 18.3 Å². The summed E-state index contributed by atoms with van der Waals surface area (Å²) in [5, 5.41) is 9.49. The van der Waals surface area contributed by atoms with E-state index in [-0.39, 0.29) is 17.6 Å². The number of Topliss-reactive ketones (excluding diaryl/α,β-unsaturated/α-hetero) is 1. The normalized spacial score (nSPS) is 12.9. The van der Waals surface area contributed by atoms with E-state index < -0.39 is 6.10 Å². The lowest BCUT2D eigenvalue weighted by Crippen LogP contribution is -2.24. The number of ketones is 1. The Morgan fingerprint density at radius 2 is 2.00 bits per heavy atom. The molecule has 0 saturated carbocycles. The van der Waals surface area contributed by atoms with Crippen LogP contribution in [-0.4, -0.2) is 17.0 Å². The van der Waals surface area contributed by atoms with Gasteiger partial charge >= 0.3 is 0 Å². The minimum absolute atomic E-state index is 0.0554. The SMILES string of the molecule is CCCCC#CC(O)CC(=O)C(C)(C)C. The molecule has 0 aliphatic carbocycles. The molecule has 0 amide bonds. The summed E-state index contributed by atoms with van der Waals surface area (Å²) >= 11 is 0. The smallest absolute Gasteiger partial charge is 0.141 e. The van der Waals surface area contributed by atoms with Crippen LogP contribution in [0.5, 0.6) is 0 Å². The van der Waals surface area contributed by atoms with Crippen molar-refractivity contribution in [2.24, 2.45) is 5.41 Å². The number of unbranched alkanes of at least 4 members (excludes halogenated alkanes) is 2. The molecule has 1 atom stereocenters. The summed E-state index contributed by atoms with van der Waals surface area (Å²) in [6.45, 7) is 7.66. The predicted octanol–water partition coefficient (Wildman–Crippen LogP) is 2.55. The fraction of sp³-hybridized carbons (Fsp3) is 0.769. The summed E-state index contributed by atoms with van der Waals surface area (Å²) in [6, 6.07) is 0. The van der Waals surface area contributed by atoms with Crippen LogP contribution in [0.2, 0.25) is 0 Å². The van der Waals surface area contributed by atoms with Crippen molar-refractivity contribution in [1.29, 1.82) is 0 Å². The average Bonchev–Trinajstić information content (AvgIpc) is 2.11. The highest BCUT2D eigenvalue weighted by atomic mass is 16.3. The molecule has 1 N–H and O–H groups in total. The third kappa shape index (κ3) is 7.16. The quantitative estimate of drug-likeness (QED) is 0.572. The Bertz CT molecular complexity index is 250. The van der Waals surface area contributed by atoms with E-state index in [4.69, 9.17) is 0 Å². The van der Waals surface area contributed by atoms with Crippen molar-refractivity contribution in [2.45, 2.75) is 59.5 Å². The van der Waals surface area contributed by atoms with Crippen LogP contribution in [-0.2, 0) is 4.79 Å². The third-order valence-electron chi connectivity index (χ3n) is 2.14. The lowest BCUT2D eigenvalue weighted by molar-refractivity contribution is -0.127. The molecule has 86 valence electrons. The van der Waals surface area contributed by atoms with Crippen molar-refractivity contribution in [3.63, 3.8) is 0 Å². The number of hydrogen-bond acceptors (Lipinski definition) is 2. The molecule has 0 rings (SSSR count). The molecule has 0 aromatic rings. The topological polar surface area (TPSA) is 37.3 Å². The van der Waals surface area contributed by atoms with Crippen molar-refractivity contribution >= 4 is 5.78 Å². The molecule has 2 nitrogen and oxygen atoms in total. The molecule has 2 heteroatoms. The van der Waals surface area contributed by atoms with Gasteiger partial charge in [-0.1, -0.05) is 40.0 Å². The lowest BCUT2D eigenvalue weighted by atomic mass is 9.88. The van der Waals surface area contributed by atoms with E-state index in [9.17, 15) is 9.90 Å². The number of aliphatic hydroxyl groups is 1. The summed E-state index contributed by atoms with van der Waals surface area (Å²) in [7, 11) is 0. The summed E-state index contributed by atoms with van der Waals surface area (Å²) in [6.07, 6.45) is 2.30. The van der Waals surface area contributed by atoms with Crippen LogP contribution in [0.3, 0.4) is 0 Å². The molecule has 1 unspecified atom stereocenters. The van der Waals surface area contributed by atoms with E-state index in [0.717, 1.165) is 19.3 Å². The molecule has 0 aliphatic heterocycles. The average molecular weight is 210 g/mol. The Hall–Kier alpha value is -0.810. The van der Waals surface area contributed by atoms with Crippen LogP contribution in [0, 0.1) is 17.3 Å². The number of aliphatic hydroxyl groups excluding tert-OH is 1. The van der Waals surface area contributed by atoms with Gasteiger partial charge in [0.15, 0.2) is 0 Å². The largest absolute Gasteiger partial charge is 0.380 e. The summed E-state index contributed by atoms with van der Waals surface area (Å²) < 4.78 is 0. The number of rotatable bonds is 4. The molecule has 0 aliphatic rings. The number of carbonyl (C=O) groups is 1. The molecular weight excluding hydrogens is 188 g/mol. The first-order chi connectivity index (χ1) is 6.88. The maximum Gasteiger partial charge on any atom is 0.141 e. The van der Waals surface area contributed by atoms with Crippen molar-refractivity contribution in [1.82, 2.24) is 0 Å².